The third-order valence-corrected chi connectivity index (χ3v) is 4.15. The molecule has 2 aromatic rings. The molecule has 2 N–H and O–H groups in total. The molecule has 0 aliphatic rings. The highest BCUT2D eigenvalue weighted by Crippen LogP contribution is 2.30. The number of hydrogen-bond donors (Lipinski definition) is 1. The number of benzene rings is 2. The minimum Gasteiger partial charge on any atom is -0.457 e. The quantitative estimate of drug-likeness (QED) is 0.825. The molecule has 0 amide bonds. The predicted molar refractivity (Wildman–Crippen MR) is 87.3 cm³/mol. The molecular weight excluding hydrogens is 333 g/mol. The van der Waals surface area contributed by atoms with Gasteiger partial charge in [0.15, 0.2) is 0 Å². The largest absolute Gasteiger partial charge is 0.457 e. The summed E-state index contributed by atoms with van der Waals surface area (Å²) in [5.41, 5.74) is 8.02. The fraction of sp³-hybridized carbons (Fsp3) is 0.294. The van der Waals surface area contributed by atoms with E-state index in [1.807, 2.05) is 25.1 Å². The van der Waals surface area contributed by atoms with Crippen LogP contribution in [-0.2, 0) is 6.42 Å². The van der Waals surface area contributed by atoms with E-state index in [2.05, 4.69) is 22.9 Å². The van der Waals surface area contributed by atoms with Crippen molar-refractivity contribution in [3.05, 3.63) is 57.8 Å². The summed E-state index contributed by atoms with van der Waals surface area (Å²) in [6.07, 6.45) is 1.75. The van der Waals surface area contributed by atoms with Gasteiger partial charge in [0.25, 0.3) is 0 Å². The summed E-state index contributed by atoms with van der Waals surface area (Å²) in [5, 5.41) is 0. The van der Waals surface area contributed by atoms with Gasteiger partial charge in [0.05, 0.1) is 0 Å². The summed E-state index contributed by atoms with van der Waals surface area (Å²) in [6.45, 7) is 3.96. The van der Waals surface area contributed by atoms with E-state index >= 15 is 0 Å². The van der Waals surface area contributed by atoms with Crippen LogP contribution in [0, 0.1) is 12.7 Å². The maximum Gasteiger partial charge on any atom is 0.133 e. The highest BCUT2D eigenvalue weighted by Gasteiger charge is 2.08. The summed E-state index contributed by atoms with van der Waals surface area (Å²) >= 11 is 3.54. The maximum absolute atomic E-state index is 13.3. The van der Waals surface area contributed by atoms with Crippen LogP contribution in [0.5, 0.6) is 11.5 Å². The van der Waals surface area contributed by atoms with E-state index in [-0.39, 0.29) is 11.9 Å². The molecule has 0 spiro atoms. The van der Waals surface area contributed by atoms with Crippen molar-refractivity contribution in [3.63, 3.8) is 0 Å². The van der Waals surface area contributed by atoms with Crippen LogP contribution in [0.15, 0.2) is 40.9 Å². The minimum atomic E-state index is -0.305. The Labute approximate surface area is 133 Å². The first-order chi connectivity index (χ1) is 9.99. The van der Waals surface area contributed by atoms with Gasteiger partial charge in [-0.2, -0.15) is 0 Å². The molecule has 4 heteroatoms. The summed E-state index contributed by atoms with van der Waals surface area (Å²) in [6, 6.07) is 10.4. The zero-order valence-corrected chi connectivity index (χ0v) is 13.8. The second-order valence-electron chi connectivity index (χ2n) is 5.14. The van der Waals surface area contributed by atoms with Crippen LogP contribution in [0.1, 0.15) is 24.5 Å². The van der Waals surface area contributed by atoms with E-state index in [0.717, 1.165) is 28.4 Å². The molecule has 1 unspecified atom stereocenters. The standard InChI is InChI=1S/C17H19BrFNO/c1-3-14(20)8-12-5-7-15(10-16(12)18)21-17-9-13(19)6-4-11(17)2/h4-7,9-10,14H,3,8,20H2,1-2H3. The second-order valence-corrected chi connectivity index (χ2v) is 5.99. The third-order valence-electron chi connectivity index (χ3n) is 3.41. The Morgan fingerprint density at radius 3 is 2.67 bits per heavy atom. The smallest absolute Gasteiger partial charge is 0.133 e. The molecule has 0 aliphatic heterocycles. The molecule has 112 valence electrons. The summed E-state index contributed by atoms with van der Waals surface area (Å²) in [5.74, 6) is 0.893. The second kappa shape index (κ2) is 7.05. The Hall–Kier alpha value is -1.39. The van der Waals surface area contributed by atoms with Crippen molar-refractivity contribution in [1.82, 2.24) is 0 Å². The van der Waals surface area contributed by atoms with Gasteiger partial charge in [-0.15, -0.1) is 0 Å². The fourth-order valence-corrected chi connectivity index (χ4v) is 2.51. The summed E-state index contributed by atoms with van der Waals surface area (Å²) in [7, 11) is 0. The van der Waals surface area contributed by atoms with Crippen LogP contribution in [0.3, 0.4) is 0 Å². The van der Waals surface area contributed by atoms with Gasteiger partial charge in [-0.3, -0.25) is 0 Å². The van der Waals surface area contributed by atoms with Crippen LogP contribution < -0.4 is 10.5 Å². The zero-order valence-electron chi connectivity index (χ0n) is 12.2. The highest BCUT2D eigenvalue weighted by molar-refractivity contribution is 9.10. The lowest BCUT2D eigenvalue weighted by molar-refractivity contribution is 0.472. The van der Waals surface area contributed by atoms with Gasteiger partial charge in [-0.05, 0) is 49.1 Å². The molecule has 2 rings (SSSR count). The predicted octanol–water partition coefficient (Wildman–Crippen LogP) is 4.97. The summed E-state index contributed by atoms with van der Waals surface area (Å²) in [4.78, 5) is 0. The Morgan fingerprint density at radius 2 is 2.00 bits per heavy atom. The monoisotopic (exact) mass is 351 g/mol. The van der Waals surface area contributed by atoms with Gasteiger partial charge in [0.2, 0.25) is 0 Å². The van der Waals surface area contributed by atoms with Crippen molar-refractivity contribution >= 4 is 15.9 Å². The van der Waals surface area contributed by atoms with Crippen molar-refractivity contribution in [2.45, 2.75) is 32.7 Å². The lowest BCUT2D eigenvalue weighted by Gasteiger charge is -2.13. The normalized spacial score (nSPS) is 12.2. The first-order valence-corrected chi connectivity index (χ1v) is 7.77. The highest BCUT2D eigenvalue weighted by atomic mass is 79.9. The Bertz CT molecular complexity index is 630. The van der Waals surface area contributed by atoms with Gasteiger partial charge < -0.3 is 10.5 Å². The molecule has 0 fully saturated rings. The summed E-state index contributed by atoms with van der Waals surface area (Å²) < 4.78 is 20.0. The molecule has 0 saturated carbocycles. The SMILES string of the molecule is CCC(N)Cc1ccc(Oc2cc(F)ccc2C)cc1Br. The maximum atomic E-state index is 13.3. The van der Waals surface area contributed by atoms with Crippen molar-refractivity contribution in [2.24, 2.45) is 5.73 Å². The average Bonchev–Trinajstić information content (AvgIpc) is 2.45. The molecule has 0 heterocycles. The Kier molecular flexibility index (Phi) is 5.37. The van der Waals surface area contributed by atoms with Crippen molar-refractivity contribution in [2.75, 3.05) is 0 Å². The molecule has 0 aliphatic carbocycles. The van der Waals surface area contributed by atoms with Gasteiger partial charge in [0, 0.05) is 16.6 Å². The van der Waals surface area contributed by atoms with Crippen LogP contribution in [-0.4, -0.2) is 6.04 Å². The molecule has 1 atom stereocenters. The molecule has 2 nitrogen and oxygen atoms in total. The number of ether oxygens (including phenoxy) is 1. The zero-order chi connectivity index (χ0) is 15.4. The number of rotatable bonds is 5. The van der Waals surface area contributed by atoms with Crippen molar-refractivity contribution < 1.29 is 9.13 Å². The lowest BCUT2D eigenvalue weighted by Crippen LogP contribution is -2.21. The molecule has 0 saturated heterocycles. The average molecular weight is 352 g/mol. The first kappa shape index (κ1) is 16.0. The topological polar surface area (TPSA) is 35.2 Å². The third kappa shape index (κ3) is 4.29. The van der Waals surface area contributed by atoms with E-state index < -0.39 is 0 Å². The number of aryl methyl sites for hydroxylation is 1. The van der Waals surface area contributed by atoms with E-state index in [4.69, 9.17) is 10.5 Å². The van der Waals surface area contributed by atoms with Crippen molar-refractivity contribution in [1.29, 1.82) is 0 Å². The van der Waals surface area contributed by atoms with E-state index in [1.165, 1.54) is 12.1 Å². The number of nitrogens with two attached hydrogens (primary N) is 1. The minimum absolute atomic E-state index is 0.151. The first-order valence-electron chi connectivity index (χ1n) is 6.97. The molecule has 0 radical (unpaired) electrons. The van der Waals surface area contributed by atoms with Crippen LogP contribution >= 0.6 is 15.9 Å². The lowest BCUT2D eigenvalue weighted by atomic mass is 10.0. The van der Waals surface area contributed by atoms with Gasteiger partial charge in [-0.25, -0.2) is 4.39 Å². The van der Waals surface area contributed by atoms with Crippen LogP contribution in [0.4, 0.5) is 4.39 Å². The molecule has 0 bridgehead atoms. The van der Waals surface area contributed by atoms with Crippen LogP contribution in [0.2, 0.25) is 0 Å². The fourth-order valence-electron chi connectivity index (χ4n) is 1.99. The van der Waals surface area contributed by atoms with E-state index in [0.29, 0.717) is 11.5 Å². The molecule has 2 aromatic carbocycles. The van der Waals surface area contributed by atoms with Crippen LogP contribution in [0.25, 0.3) is 0 Å². The van der Waals surface area contributed by atoms with Gasteiger partial charge >= 0.3 is 0 Å². The van der Waals surface area contributed by atoms with Gasteiger partial charge in [-0.1, -0.05) is 35.0 Å². The molecule has 0 aromatic heterocycles. The Balaban J connectivity index is 2.18. The molecule has 21 heavy (non-hydrogen) atoms. The number of halogens is 2. The van der Waals surface area contributed by atoms with E-state index in [9.17, 15) is 4.39 Å². The van der Waals surface area contributed by atoms with Crippen molar-refractivity contribution in [3.8, 4) is 11.5 Å². The van der Waals surface area contributed by atoms with E-state index in [1.54, 1.807) is 6.07 Å². The Morgan fingerprint density at radius 1 is 1.24 bits per heavy atom. The number of hydrogen-bond acceptors (Lipinski definition) is 2. The molecular formula is C17H19BrFNO. The van der Waals surface area contributed by atoms with Gasteiger partial charge in [0.1, 0.15) is 17.3 Å².